The molecule has 8 heteroatoms. The number of pyridine rings is 2. The van der Waals surface area contributed by atoms with E-state index in [4.69, 9.17) is 28.9 Å². The topological polar surface area (TPSA) is 62.7 Å². The Morgan fingerprint density at radius 1 is 0.364 bits per heavy atom. The Morgan fingerprint density at radius 3 is 0.970 bits per heavy atom. The van der Waals surface area contributed by atoms with E-state index in [2.05, 4.69) is 134 Å². The van der Waals surface area contributed by atoms with Gasteiger partial charge in [0.15, 0.2) is 0 Å². The van der Waals surface area contributed by atoms with Crippen molar-refractivity contribution in [1.82, 2.24) is 9.97 Å². The summed E-state index contributed by atoms with van der Waals surface area (Å²) in [6, 6.07) is 16.8. The molecule has 0 amide bonds. The maximum absolute atomic E-state index is 6.40. The highest BCUT2D eigenvalue weighted by molar-refractivity contribution is 14.1. The van der Waals surface area contributed by atoms with Crippen molar-refractivity contribution in [1.29, 1.82) is 0 Å². The van der Waals surface area contributed by atoms with E-state index in [9.17, 15) is 0 Å². The summed E-state index contributed by atoms with van der Waals surface area (Å²) in [5.41, 5.74) is 5.73. The molecule has 0 N–H and O–H groups in total. The van der Waals surface area contributed by atoms with E-state index >= 15 is 0 Å². The third-order valence-electron chi connectivity index (χ3n) is 11.9. The van der Waals surface area contributed by atoms with Crippen LogP contribution in [0.1, 0.15) is 204 Å². The molecule has 0 aliphatic rings. The molecule has 4 aromatic rings. The number of halogens is 2. The first-order valence-electron chi connectivity index (χ1n) is 25.9. The number of hydrogen-bond donors (Lipinski definition) is 0. The van der Waals surface area contributed by atoms with E-state index in [1.165, 1.54) is 128 Å². The average molecular weight is 1130 g/mol. The summed E-state index contributed by atoms with van der Waals surface area (Å²) in [6.45, 7) is 11.9. The van der Waals surface area contributed by atoms with Gasteiger partial charge in [0.1, 0.15) is 23.0 Å². The third kappa shape index (κ3) is 22.3. The summed E-state index contributed by atoms with van der Waals surface area (Å²) in [5.74, 6) is 3.63. The van der Waals surface area contributed by atoms with Crippen molar-refractivity contribution < 1.29 is 18.9 Å². The number of ether oxygens (including phenoxy) is 4. The van der Waals surface area contributed by atoms with Crippen LogP contribution in [0.25, 0.3) is 35.7 Å². The maximum Gasteiger partial charge on any atom is 0.133 e. The van der Waals surface area contributed by atoms with Crippen molar-refractivity contribution in [2.75, 3.05) is 26.4 Å². The summed E-state index contributed by atoms with van der Waals surface area (Å²) in [5, 5.41) is 0. The van der Waals surface area contributed by atoms with Gasteiger partial charge in [-0.1, -0.05) is 193 Å². The fourth-order valence-electron chi connectivity index (χ4n) is 7.77. The molecule has 0 bridgehead atoms. The molecule has 66 heavy (non-hydrogen) atoms. The molecule has 0 saturated carbocycles. The minimum absolute atomic E-state index is 0.717. The first kappa shape index (κ1) is 55.5. The molecule has 0 radical (unpaired) electrons. The highest BCUT2D eigenvalue weighted by Crippen LogP contribution is 2.34. The number of hydrogen-bond acceptors (Lipinski definition) is 6. The third-order valence-corrected chi connectivity index (χ3v) is 13.6. The van der Waals surface area contributed by atoms with Gasteiger partial charge in [-0.25, -0.2) is 0 Å². The van der Waals surface area contributed by atoms with E-state index < -0.39 is 0 Å². The molecule has 0 aliphatic heterocycles. The lowest BCUT2D eigenvalue weighted by atomic mass is 10.1. The van der Waals surface area contributed by atoms with Crippen molar-refractivity contribution in [2.45, 2.75) is 182 Å². The summed E-state index contributed by atoms with van der Waals surface area (Å²) in [6.07, 6.45) is 42.1. The highest BCUT2D eigenvalue weighted by Gasteiger charge is 2.12. The Morgan fingerprint density at radius 2 is 0.667 bits per heavy atom. The first-order chi connectivity index (χ1) is 32.4. The van der Waals surface area contributed by atoms with Crippen molar-refractivity contribution in [2.24, 2.45) is 0 Å². The fourth-order valence-corrected chi connectivity index (χ4v) is 8.96. The van der Waals surface area contributed by atoms with Crippen LogP contribution in [0.3, 0.4) is 0 Å². The number of nitrogens with zero attached hydrogens (tertiary/aromatic N) is 2. The van der Waals surface area contributed by atoms with Crippen LogP contribution in [0.4, 0.5) is 0 Å². The predicted molar refractivity (Wildman–Crippen MR) is 299 cm³/mol. The van der Waals surface area contributed by atoms with Crippen LogP contribution in [0.2, 0.25) is 0 Å². The minimum Gasteiger partial charge on any atom is -0.493 e. The zero-order valence-corrected chi connectivity index (χ0v) is 45.5. The Hall–Kier alpha value is -3.12. The van der Waals surface area contributed by atoms with Gasteiger partial charge in [0, 0.05) is 23.5 Å². The van der Waals surface area contributed by atoms with Gasteiger partial charge in [0.2, 0.25) is 0 Å². The predicted octanol–water partition coefficient (Wildman–Crippen LogP) is 18.7. The SMILES string of the molecule is CCCCCCCCOc1cc(/C=C/c2ccc(-c3ccc(/C=C/c4cc(OCCCCCCCC)c(I)cc4OCCCCCCCC)cn3)nc2)c(OCCCCCCCC)cc1I. The van der Waals surface area contributed by atoms with Gasteiger partial charge >= 0.3 is 0 Å². The lowest BCUT2D eigenvalue weighted by Crippen LogP contribution is -2.03. The summed E-state index contributed by atoms with van der Waals surface area (Å²) in [7, 11) is 0. The molecule has 0 unspecified atom stereocenters. The molecule has 0 aliphatic carbocycles. The number of aromatic nitrogens is 2. The lowest BCUT2D eigenvalue weighted by molar-refractivity contribution is 0.294. The highest BCUT2D eigenvalue weighted by atomic mass is 127. The number of unbranched alkanes of at least 4 members (excludes halogenated alkanes) is 20. The monoisotopic (exact) mass is 1120 g/mol. The quantitative estimate of drug-likeness (QED) is 0.0331. The largest absolute Gasteiger partial charge is 0.493 e. The zero-order valence-electron chi connectivity index (χ0n) is 41.2. The number of benzene rings is 2. The normalized spacial score (nSPS) is 11.5. The molecule has 362 valence electrons. The van der Waals surface area contributed by atoms with Crippen molar-refractivity contribution in [3.05, 3.63) is 90.3 Å². The molecule has 0 fully saturated rings. The molecule has 0 spiro atoms. The molecule has 2 aromatic carbocycles. The van der Waals surface area contributed by atoms with Gasteiger partial charge in [0.25, 0.3) is 0 Å². The van der Waals surface area contributed by atoms with Gasteiger partial charge < -0.3 is 18.9 Å². The van der Waals surface area contributed by atoms with Crippen LogP contribution in [0.15, 0.2) is 60.9 Å². The summed E-state index contributed by atoms with van der Waals surface area (Å²) < 4.78 is 27.6. The molecule has 2 heterocycles. The molecule has 4 rings (SSSR count). The summed E-state index contributed by atoms with van der Waals surface area (Å²) in [4.78, 5) is 9.64. The van der Waals surface area contributed by atoms with Crippen molar-refractivity contribution in [3.8, 4) is 34.4 Å². The molecule has 0 atom stereocenters. The van der Waals surface area contributed by atoms with E-state index in [0.29, 0.717) is 13.2 Å². The van der Waals surface area contributed by atoms with Gasteiger partial charge in [-0.2, -0.15) is 0 Å². The van der Waals surface area contributed by atoms with Gasteiger partial charge in [-0.05, 0) is 118 Å². The van der Waals surface area contributed by atoms with Crippen LogP contribution < -0.4 is 18.9 Å². The lowest BCUT2D eigenvalue weighted by Gasteiger charge is -2.14. The standard InChI is InChI=1S/C58H82I2N2O4/c1-5-9-13-17-21-25-37-63-55-43-51(59)57(65-39-27-23-19-15-11-7-3)41-49(55)33-29-47-31-35-53(61-45-47)54-36-32-48(46-62-54)30-34-50-42-58(66-40-28-24-20-16-12-8-4)52(60)44-56(50)64-38-26-22-18-14-10-6-2/h29-36,41-46H,5-28,37-40H2,1-4H3/b33-29+,34-30+. The molecular formula is C58H82I2N2O4. The maximum atomic E-state index is 6.40. The van der Waals surface area contributed by atoms with E-state index in [1.54, 1.807) is 0 Å². The molecule has 6 nitrogen and oxygen atoms in total. The molecule has 2 aromatic heterocycles. The average Bonchev–Trinajstić information content (AvgIpc) is 3.33. The van der Waals surface area contributed by atoms with Crippen LogP contribution >= 0.6 is 45.2 Å². The van der Waals surface area contributed by atoms with Crippen LogP contribution in [0, 0.1) is 7.14 Å². The Labute approximate surface area is 428 Å². The minimum atomic E-state index is 0.717. The zero-order chi connectivity index (χ0) is 46.9. The van der Waals surface area contributed by atoms with Gasteiger partial charge in [-0.3, -0.25) is 9.97 Å². The van der Waals surface area contributed by atoms with Crippen LogP contribution in [0.5, 0.6) is 23.0 Å². The Balaban J connectivity index is 1.42. The fraction of sp³-hybridized carbons (Fsp3) is 0.552. The Bertz CT molecular complexity index is 1810. The second kappa shape index (κ2) is 35.1. The van der Waals surface area contributed by atoms with E-state index in [-0.39, 0.29) is 0 Å². The smallest absolute Gasteiger partial charge is 0.133 e. The van der Waals surface area contributed by atoms with Crippen molar-refractivity contribution >= 4 is 69.5 Å². The summed E-state index contributed by atoms with van der Waals surface area (Å²) >= 11 is 4.77. The Kier molecular flexibility index (Phi) is 29.5. The van der Waals surface area contributed by atoms with Crippen LogP contribution in [-0.2, 0) is 0 Å². The second-order valence-corrected chi connectivity index (χ2v) is 20.1. The van der Waals surface area contributed by atoms with Gasteiger partial charge in [-0.15, -0.1) is 0 Å². The first-order valence-corrected chi connectivity index (χ1v) is 28.1. The van der Waals surface area contributed by atoms with Gasteiger partial charge in [0.05, 0.1) is 45.0 Å². The van der Waals surface area contributed by atoms with Crippen LogP contribution in [-0.4, -0.2) is 36.4 Å². The number of rotatable bonds is 37. The van der Waals surface area contributed by atoms with E-state index in [1.807, 2.05) is 24.5 Å². The second-order valence-electron chi connectivity index (χ2n) is 17.7. The van der Waals surface area contributed by atoms with E-state index in [0.717, 1.165) is 103 Å². The molecule has 0 saturated heterocycles. The molecular weight excluding hydrogens is 1040 g/mol. The van der Waals surface area contributed by atoms with Crippen molar-refractivity contribution in [3.63, 3.8) is 0 Å².